The van der Waals surface area contributed by atoms with E-state index in [4.69, 9.17) is 9.15 Å². The molecule has 9 heteroatoms. The number of aromatic nitrogens is 4. The standard InChI is InChI=1S/C18H16N4O5/c1-20-16-15(17(24)21(2)18(20)25)22(9-19-16)8-10-6-14(23)27-13-7-11(26-3)4-5-12(10)13/h4-7,9H,8H2,1-3H3. The third kappa shape index (κ3) is 2.55. The summed E-state index contributed by atoms with van der Waals surface area (Å²) in [4.78, 5) is 40.8. The van der Waals surface area contributed by atoms with Crippen LogP contribution in [0.3, 0.4) is 0 Å². The summed E-state index contributed by atoms with van der Waals surface area (Å²) in [7, 11) is 4.50. The topological polar surface area (TPSA) is 101 Å². The van der Waals surface area contributed by atoms with E-state index in [1.165, 1.54) is 31.1 Å². The molecule has 0 spiro atoms. The summed E-state index contributed by atoms with van der Waals surface area (Å²) in [6, 6.07) is 6.57. The fourth-order valence-electron chi connectivity index (χ4n) is 3.17. The lowest BCUT2D eigenvalue weighted by atomic mass is 10.1. The van der Waals surface area contributed by atoms with Gasteiger partial charge in [0.2, 0.25) is 0 Å². The van der Waals surface area contributed by atoms with E-state index < -0.39 is 16.9 Å². The van der Waals surface area contributed by atoms with Gasteiger partial charge in [0.1, 0.15) is 11.3 Å². The summed E-state index contributed by atoms with van der Waals surface area (Å²) in [6.45, 7) is 0.221. The summed E-state index contributed by atoms with van der Waals surface area (Å²) in [5, 5.41) is 0.721. The molecule has 0 unspecified atom stereocenters. The molecule has 3 aromatic heterocycles. The van der Waals surface area contributed by atoms with Crippen LogP contribution in [0.15, 0.2) is 49.4 Å². The third-order valence-corrected chi connectivity index (χ3v) is 4.60. The highest BCUT2D eigenvalue weighted by Gasteiger charge is 2.16. The minimum Gasteiger partial charge on any atom is -0.497 e. The van der Waals surface area contributed by atoms with Gasteiger partial charge in [-0.25, -0.2) is 14.6 Å². The number of benzene rings is 1. The van der Waals surface area contributed by atoms with Gasteiger partial charge in [-0.3, -0.25) is 13.9 Å². The van der Waals surface area contributed by atoms with Crippen molar-refractivity contribution in [3.05, 3.63) is 67.4 Å². The van der Waals surface area contributed by atoms with Gasteiger partial charge in [0.25, 0.3) is 5.56 Å². The fourth-order valence-corrected chi connectivity index (χ4v) is 3.17. The maximum absolute atomic E-state index is 12.6. The summed E-state index contributed by atoms with van der Waals surface area (Å²) in [6.07, 6.45) is 1.48. The highest BCUT2D eigenvalue weighted by Crippen LogP contribution is 2.23. The number of ether oxygens (including phenoxy) is 1. The van der Waals surface area contributed by atoms with Crippen LogP contribution in [0.4, 0.5) is 0 Å². The number of imidazole rings is 1. The van der Waals surface area contributed by atoms with Crippen molar-refractivity contribution in [1.82, 2.24) is 18.7 Å². The van der Waals surface area contributed by atoms with E-state index in [0.717, 1.165) is 9.95 Å². The molecule has 0 aliphatic carbocycles. The molecule has 1 aromatic carbocycles. The highest BCUT2D eigenvalue weighted by atomic mass is 16.5. The van der Waals surface area contributed by atoms with E-state index in [9.17, 15) is 14.4 Å². The molecule has 0 N–H and O–H groups in total. The molecule has 0 aliphatic heterocycles. The van der Waals surface area contributed by atoms with Gasteiger partial charge in [-0.1, -0.05) is 0 Å². The van der Waals surface area contributed by atoms with Crippen molar-refractivity contribution in [3.63, 3.8) is 0 Å². The minimum atomic E-state index is -0.504. The lowest BCUT2D eigenvalue weighted by molar-refractivity contribution is 0.414. The van der Waals surface area contributed by atoms with Crippen LogP contribution in [0.2, 0.25) is 0 Å². The number of nitrogens with zero attached hydrogens (tertiary/aromatic N) is 4. The fraction of sp³-hybridized carbons (Fsp3) is 0.222. The Balaban J connectivity index is 1.95. The molecule has 4 rings (SSSR count). The Morgan fingerprint density at radius 2 is 1.89 bits per heavy atom. The second-order valence-electron chi connectivity index (χ2n) is 6.20. The van der Waals surface area contributed by atoms with Crippen LogP contribution in [0.25, 0.3) is 22.1 Å². The normalized spacial score (nSPS) is 11.4. The van der Waals surface area contributed by atoms with Crippen molar-refractivity contribution < 1.29 is 9.15 Å². The minimum absolute atomic E-state index is 0.221. The Bertz CT molecular complexity index is 1370. The second kappa shape index (κ2) is 5.97. The predicted molar refractivity (Wildman–Crippen MR) is 98.4 cm³/mol. The zero-order valence-electron chi connectivity index (χ0n) is 14.9. The first kappa shape index (κ1) is 16.8. The summed E-state index contributed by atoms with van der Waals surface area (Å²) in [5.41, 5.74) is 0.234. The number of aryl methyl sites for hydroxylation is 1. The van der Waals surface area contributed by atoms with Gasteiger partial charge in [-0.05, 0) is 17.7 Å². The zero-order valence-corrected chi connectivity index (χ0v) is 14.9. The number of hydrogen-bond donors (Lipinski definition) is 0. The van der Waals surface area contributed by atoms with Crippen LogP contribution in [-0.4, -0.2) is 25.8 Å². The Hall–Kier alpha value is -3.62. The van der Waals surface area contributed by atoms with Crippen molar-refractivity contribution in [2.75, 3.05) is 7.11 Å². The molecule has 0 saturated carbocycles. The quantitative estimate of drug-likeness (QED) is 0.491. The molecular weight excluding hydrogens is 352 g/mol. The average Bonchev–Trinajstić information content (AvgIpc) is 3.07. The Labute approximate surface area is 151 Å². The molecule has 0 amide bonds. The first-order chi connectivity index (χ1) is 12.9. The molecule has 0 saturated heterocycles. The molecular formula is C18H16N4O5. The molecule has 0 radical (unpaired) electrons. The van der Waals surface area contributed by atoms with Gasteiger partial charge in [-0.15, -0.1) is 0 Å². The maximum Gasteiger partial charge on any atom is 0.336 e. The average molecular weight is 368 g/mol. The third-order valence-electron chi connectivity index (χ3n) is 4.60. The zero-order chi connectivity index (χ0) is 19.3. The SMILES string of the molecule is COc1ccc2c(Cn3cnc4c3c(=O)n(C)c(=O)n4C)cc(=O)oc2c1. The number of rotatable bonds is 3. The Morgan fingerprint density at radius 3 is 2.63 bits per heavy atom. The molecule has 0 bridgehead atoms. The van der Waals surface area contributed by atoms with E-state index in [-0.39, 0.29) is 17.7 Å². The molecule has 0 atom stereocenters. The van der Waals surface area contributed by atoms with E-state index in [1.54, 1.807) is 29.8 Å². The smallest absolute Gasteiger partial charge is 0.336 e. The monoisotopic (exact) mass is 368 g/mol. The molecule has 27 heavy (non-hydrogen) atoms. The molecule has 9 nitrogen and oxygen atoms in total. The van der Waals surface area contributed by atoms with Gasteiger partial charge in [0.15, 0.2) is 11.2 Å². The van der Waals surface area contributed by atoms with E-state index >= 15 is 0 Å². The first-order valence-electron chi connectivity index (χ1n) is 8.12. The molecule has 4 aromatic rings. The maximum atomic E-state index is 12.6. The largest absolute Gasteiger partial charge is 0.497 e. The summed E-state index contributed by atoms with van der Waals surface area (Å²) >= 11 is 0. The van der Waals surface area contributed by atoms with Gasteiger partial charge in [0, 0.05) is 31.6 Å². The van der Waals surface area contributed by atoms with Crippen molar-refractivity contribution in [2.24, 2.45) is 14.1 Å². The van der Waals surface area contributed by atoms with Gasteiger partial charge >= 0.3 is 11.3 Å². The van der Waals surface area contributed by atoms with Crippen molar-refractivity contribution in [3.8, 4) is 5.75 Å². The van der Waals surface area contributed by atoms with Crippen molar-refractivity contribution in [1.29, 1.82) is 0 Å². The van der Waals surface area contributed by atoms with Gasteiger partial charge < -0.3 is 13.7 Å². The van der Waals surface area contributed by atoms with E-state index in [1.807, 2.05) is 0 Å². The molecule has 0 aliphatic rings. The Kier molecular flexibility index (Phi) is 3.72. The molecule has 138 valence electrons. The van der Waals surface area contributed by atoms with E-state index in [2.05, 4.69) is 4.98 Å². The van der Waals surface area contributed by atoms with Crippen molar-refractivity contribution in [2.45, 2.75) is 6.54 Å². The lowest BCUT2D eigenvalue weighted by Crippen LogP contribution is -2.37. The predicted octanol–water partition coefficient (Wildman–Crippen LogP) is 0.597. The van der Waals surface area contributed by atoms with Gasteiger partial charge in [0.05, 0.1) is 20.0 Å². The Morgan fingerprint density at radius 1 is 1.11 bits per heavy atom. The summed E-state index contributed by atoms with van der Waals surface area (Å²) in [5.74, 6) is 0.569. The number of methoxy groups -OCH3 is 1. The second-order valence-corrected chi connectivity index (χ2v) is 6.20. The van der Waals surface area contributed by atoms with Crippen LogP contribution in [0.5, 0.6) is 5.75 Å². The summed E-state index contributed by atoms with van der Waals surface area (Å²) < 4.78 is 14.4. The highest BCUT2D eigenvalue weighted by molar-refractivity contribution is 5.82. The van der Waals surface area contributed by atoms with Crippen LogP contribution >= 0.6 is 0 Å². The van der Waals surface area contributed by atoms with Crippen LogP contribution in [0, 0.1) is 0 Å². The van der Waals surface area contributed by atoms with Crippen LogP contribution in [0.1, 0.15) is 5.56 Å². The number of hydrogen-bond acceptors (Lipinski definition) is 6. The lowest BCUT2D eigenvalue weighted by Gasteiger charge is -2.09. The molecule has 0 fully saturated rings. The van der Waals surface area contributed by atoms with E-state index in [0.29, 0.717) is 16.9 Å². The first-order valence-corrected chi connectivity index (χ1v) is 8.12. The molecule has 3 heterocycles. The van der Waals surface area contributed by atoms with Gasteiger partial charge in [-0.2, -0.15) is 0 Å². The van der Waals surface area contributed by atoms with Crippen LogP contribution < -0.4 is 21.6 Å². The van der Waals surface area contributed by atoms with Crippen molar-refractivity contribution >= 4 is 22.1 Å². The van der Waals surface area contributed by atoms with Crippen LogP contribution in [-0.2, 0) is 20.6 Å². The number of fused-ring (bicyclic) bond motifs is 2.